The van der Waals surface area contributed by atoms with Gasteiger partial charge in [0.1, 0.15) is 17.4 Å². The Bertz CT molecular complexity index is 1540. The number of ketones is 1. The molecule has 4 aromatic rings. The van der Waals surface area contributed by atoms with E-state index in [-0.39, 0.29) is 29.1 Å². The number of aromatic nitrogens is 3. The average Bonchev–Trinajstić information content (AvgIpc) is 3.28. The highest BCUT2D eigenvalue weighted by Gasteiger charge is 2.22. The molecule has 2 aromatic heterocycles. The van der Waals surface area contributed by atoms with Gasteiger partial charge in [0.25, 0.3) is 5.56 Å². The van der Waals surface area contributed by atoms with Gasteiger partial charge in [0, 0.05) is 23.9 Å². The Morgan fingerprint density at radius 2 is 1.86 bits per heavy atom. The minimum absolute atomic E-state index is 0.0994. The Hall–Kier alpha value is -4.77. The quantitative estimate of drug-likeness (QED) is 0.328. The highest BCUT2D eigenvalue weighted by Crippen LogP contribution is 2.27. The minimum Gasteiger partial charge on any atom is -0.494 e. The molecule has 0 unspecified atom stereocenters. The van der Waals surface area contributed by atoms with E-state index < -0.39 is 17.2 Å². The second-order valence-electron chi connectivity index (χ2n) is 7.78. The molecule has 0 radical (unpaired) electrons. The number of aromatic hydroxyl groups is 1. The highest BCUT2D eigenvalue weighted by molar-refractivity contribution is 6.09. The largest absolute Gasteiger partial charge is 0.494 e. The van der Waals surface area contributed by atoms with Crippen LogP contribution in [0.15, 0.2) is 71.7 Å². The molecule has 0 aliphatic carbocycles. The van der Waals surface area contributed by atoms with Crippen molar-refractivity contribution in [3.63, 3.8) is 0 Å². The number of allylic oxidation sites excluding steroid dienone is 1. The van der Waals surface area contributed by atoms with Crippen molar-refractivity contribution in [3.8, 4) is 28.9 Å². The summed E-state index contributed by atoms with van der Waals surface area (Å²) >= 11 is 0. The summed E-state index contributed by atoms with van der Waals surface area (Å²) in [5.41, 5.74) is 1.72. The van der Waals surface area contributed by atoms with Crippen LogP contribution in [0.1, 0.15) is 34.0 Å². The standard InChI is InChI=1S/C27H21FN4O3/c1-3-31-26(34)22(15-29)17(2)24(27(31)35)23(33)14-11-19-16-32(21-7-5-4-6-8-21)30-25(19)18-9-12-20(28)13-10-18/h4-14,16,35H,3H2,1-2H3/b14-11+. The molecule has 0 amide bonds. The van der Waals surface area contributed by atoms with Crippen LogP contribution in [0.3, 0.4) is 0 Å². The summed E-state index contributed by atoms with van der Waals surface area (Å²) in [6.45, 7) is 3.19. The van der Waals surface area contributed by atoms with Gasteiger partial charge in [0.2, 0.25) is 5.88 Å². The highest BCUT2D eigenvalue weighted by atomic mass is 19.1. The molecule has 1 N–H and O–H groups in total. The van der Waals surface area contributed by atoms with Crippen LogP contribution in [0.4, 0.5) is 4.39 Å². The molecule has 0 aliphatic heterocycles. The molecule has 7 nitrogen and oxygen atoms in total. The van der Waals surface area contributed by atoms with Gasteiger partial charge in [-0.2, -0.15) is 10.4 Å². The van der Waals surface area contributed by atoms with E-state index in [1.165, 1.54) is 25.1 Å². The molecule has 8 heteroatoms. The van der Waals surface area contributed by atoms with Crippen molar-refractivity contribution in [2.24, 2.45) is 0 Å². The second kappa shape index (κ2) is 9.61. The molecule has 0 saturated heterocycles. The molecule has 0 saturated carbocycles. The number of hydrogen-bond donors (Lipinski definition) is 1. The van der Waals surface area contributed by atoms with Gasteiger partial charge in [0.15, 0.2) is 5.78 Å². The first-order valence-corrected chi connectivity index (χ1v) is 10.9. The maximum absolute atomic E-state index is 13.5. The number of pyridine rings is 1. The average molecular weight is 468 g/mol. The van der Waals surface area contributed by atoms with E-state index in [0.29, 0.717) is 16.8 Å². The van der Waals surface area contributed by atoms with Crippen LogP contribution in [-0.2, 0) is 6.54 Å². The van der Waals surface area contributed by atoms with Gasteiger partial charge < -0.3 is 5.11 Å². The van der Waals surface area contributed by atoms with Crippen LogP contribution < -0.4 is 5.56 Å². The topological polar surface area (TPSA) is 101 Å². The Labute approximate surface area is 200 Å². The van der Waals surface area contributed by atoms with Crippen LogP contribution in [0.2, 0.25) is 0 Å². The molecule has 0 bridgehead atoms. The van der Waals surface area contributed by atoms with Crippen molar-refractivity contribution in [1.29, 1.82) is 5.26 Å². The van der Waals surface area contributed by atoms with E-state index in [1.54, 1.807) is 36.0 Å². The summed E-state index contributed by atoms with van der Waals surface area (Å²) in [6.07, 6.45) is 4.53. The zero-order valence-corrected chi connectivity index (χ0v) is 19.1. The van der Waals surface area contributed by atoms with E-state index in [2.05, 4.69) is 5.10 Å². The first-order chi connectivity index (χ1) is 16.8. The number of para-hydroxylation sites is 1. The van der Waals surface area contributed by atoms with Crippen LogP contribution in [0.5, 0.6) is 5.88 Å². The van der Waals surface area contributed by atoms with Gasteiger partial charge in [-0.3, -0.25) is 14.2 Å². The van der Waals surface area contributed by atoms with E-state index in [1.807, 2.05) is 36.4 Å². The van der Waals surface area contributed by atoms with E-state index in [9.17, 15) is 24.3 Å². The van der Waals surface area contributed by atoms with Crippen LogP contribution >= 0.6 is 0 Å². The van der Waals surface area contributed by atoms with Crippen LogP contribution in [0, 0.1) is 24.1 Å². The normalized spacial score (nSPS) is 11.0. The number of carbonyl (C=O) groups excluding carboxylic acids is 1. The van der Waals surface area contributed by atoms with Crippen molar-refractivity contribution in [1.82, 2.24) is 14.3 Å². The van der Waals surface area contributed by atoms with Crippen molar-refractivity contribution in [2.45, 2.75) is 20.4 Å². The smallest absolute Gasteiger partial charge is 0.271 e. The lowest BCUT2D eigenvalue weighted by atomic mass is 10.0. The molecule has 35 heavy (non-hydrogen) atoms. The van der Waals surface area contributed by atoms with Gasteiger partial charge in [-0.15, -0.1) is 0 Å². The summed E-state index contributed by atoms with van der Waals surface area (Å²) in [6, 6.07) is 17.0. The van der Waals surface area contributed by atoms with Gasteiger partial charge >= 0.3 is 0 Å². The SMILES string of the molecule is CCn1c(O)c(C(=O)/C=C/c2cn(-c3ccccc3)nc2-c2ccc(F)cc2)c(C)c(C#N)c1=O. The summed E-state index contributed by atoms with van der Waals surface area (Å²) in [7, 11) is 0. The fourth-order valence-corrected chi connectivity index (χ4v) is 3.84. The lowest BCUT2D eigenvalue weighted by Gasteiger charge is -2.12. The summed E-state index contributed by atoms with van der Waals surface area (Å²) in [5, 5.41) is 24.6. The molecular formula is C27H21FN4O3. The maximum atomic E-state index is 13.5. The molecule has 2 heterocycles. The number of nitrogens with zero attached hydrogens (tertiary/aromatic N) is 4. The molecule has 0 aliphatic rings. The first kappa shape index (κ1) is 23.4. The first-order valence-electron chi connectivity index (χ1n) is 10.9. The third-order valence-corrected chi connectivity index (χ3v) is 5.66. The summed E-state index contributed by atoms with van der Waals surface area (Å²) < 4.78 is 16.1. The Kier molecular flexibility index (Phi) is 6.42. The van der Waals surface area contributed by atoms with Gasteiger partial charge in [-0.25, -0.2) is 9.07 Å². The maximum Gasteiger partial charge on any atom is 0.271 e. The Morgan fingerprint density at radius 3 is 2.49 bits per heavy atom. The van der Waals surface area contributed by atoms with Gasteiger partial charge in [-0.1, -0.05) is 18.2 Å². The second-order valence-corrected chi connectivity index (χ2v) is 7.78. The summed E-state index contributed by atoms with van der Waals surface area (Å²) in [5.74, 6) is -1.44. The molecule has 0 atom stereocenters. The zero-order chi connectivity index (χ0) is 25.1. The van der Waals surface area contributed by atoms with Gasteiger partial charge in [0.05, 0.1) is 16.9 Å². The lowest BCUT2D eigenvalue weighted by molar-refractivity contribution is 0.104. The summed E-state index contributed by atoms with van der Waals surface area (Å²) in [4.78, 5) is 25.5. The van der Waals surface area contributed by atoms with Crippen molar-refractivity contribution in [2.75, 3.05) is 0 Å². The molecule has 0 fully saturated rings. The third-order valence-electron chi connectivity index (χ3n) is 5.66. The number of nitriles is 1. The van der Waals surface area contributed by atoms with Crippen molar-refractivity contribution < 1.29 is 14.3 Å². The molecule has 2 aromatic carbocycles. The Morgan fingerprint density at radius 1 is 1.17 bits per heavy atom. The molecule has 4 rings (SSSR count). The fourth-order valence-electron chi connectivity index (χ4n) is 3.84. The number of hydrogen-bond acceptors (Lipinski definition) is 5. The van der Waals surface area contributed by atoms with E-state index in [0.717, 1.165) is 10.3 Å². The minimum atomic E-state index is -0.645. The number of halogens is 1. The van der Waals surface area contributed by atoms with E-state index in [4.69, 9.17) is 0 Å². The molecule has 174 valence electrons. The number of rotatable bonds is 6. The predicted octanol–water partition coefficient (Wildman–Crippen LogP) is 4.64. The van der Waals surface area contributed by atoms with Crippen LogP contribution in [0.25, 0.3) is 23.0 Å². The number of carbonyl (C=O) groups is 1. The van der Waals surface area contributed by atoms with Crippen molar-refractivity contribution >= 4 is 11.9 Å². The zero-order valence-electron chi connectivity index (χ0n) is 19.1. The lowest BCUT2D eigenvalue weighted by Crippen LogP contribution is -2.25. The monoisotopic (exact) mass is 468 g/mol. The molecular weight excluding hydrogens is 447 g/mol. The Balaban J connectivity index is 1.81. The van der Waals surface area contributed by atoms with Crippen molar-refractivity contribution in [3.05, 3.63) is 105 Å². The number of benzene rings is 2. The third kappa shape index (κ3) is 4.39. The molecule has 0 spiro atoms. The van der Waals surface area contributed by atoms with E-state index >= 15 is 0 Å². The predicted molar refractivity (Wildman–Crippen MR) is 130 cm³/mol. The van der Waals surface area contributed by atoms with Gasteiger partial charge in [-0.05, 0) is 68.0 Å². The van der Waals surface area contributed by atoms with Crippen LogP contribution in [-0.4, -0.2) is 25.2 Å². The fraction of sp³-hybridized carbons (Fsp3) is 0.111.